The third-order valence-electron chi connectivity index (χ3n) is 8.10. The Kier molecular flexibility index (Phi) is 4.26. The van der Waals surface area contributed by atoms with Crippen molar-refractivity contribution in [2.75, 3.05) is 16.3 Å². The van der Waals surface area contributed by atoms with E-state index in [0.29, 0.717) is 6.54 Å². The van der Waals surface area contributed by atoms with Crippen LogP contribution in [-0.2, 0) is 9.59 Å². The highest BCUT2D eigenvalue weighted by Crippen LogP contribution is 2.60. The monoisotopic (exact) mass is 415 g/mol. The van der Waals surface area contributed by atoms with Gasteiger partial charge in [0.2, 0.25) is 0 Å². The molecule has 1 heterocycles. The summed E-state index contributed by atoms with van der Waals surface area (Å²) in [6.07, 6.45) is 7.71. The number of para-hydroxylation sites is 3. The van der Waals surface area contributed by atoms with E-state index < -0.39 is 6.04 Å². The van der Waals surface area contributed by atoms with Gasteiger partial charge in [0, 0.05) is 12.2 Å². The van der Waals surface area contributed by atoms with Gasteiger partial charge in [0.05, 0.1) is 11.4 Å². The zero-order valence-electron chi connectivity index (χ0n) is 17.7. The van der Waals surface area contributed by atoms with Crippen LogP contribution in [0.5, 0.6) is 0 Å². The van der Waals surface area contributed by atoms with E-state index in [1.807, 2.05) is 59.5 Å². The number of benzene rings is 2. The van der Waals surface area contributed by atoms with Gasteiger partial charge in [-0.3, -0.25) is 14.5 Å². The molecule has 2 aromatic rings. The van der Waals surface area contributed by atoms with Crippen molar-refractivity contribution in [1.82, 2.24) is 0 Å². The largest absolute Gasteiger partial charge is 0.312 e. The van der Waals surface area contributed by atoms with Crippen molar-refractivity contribution in [3.8, 4) is 0 Å². The number of carbonyl (C=O) groups excluding carboxylic acids is 2. The van der Waals surface area contributed by atoms with E-state index in [9.17, 15) is 9.59 Å². The number of carbonyl (C=O) groups is 2. The normalized spacial score (nSPS) is 34.1. The molecular formula is C26H29N3O2. The van der Waals surface area contributed by atoms with E-state index in [4.69, 9.17) is 5.73 Å². The summed E-state index contributed by atoms with van der Waals surface area (Å²) < 4.78 is 0. The van der Waals surface area contributed by atoms with E-state index in [1.54, 1.807) is 4.90 Å². The molecule has 5 aliphatic rings. The molecule has 1 atom stereocenters. The first-order chi connectivity index (χ1) is 15.0. The molecular weight excluding hydrogens is 386 g/mol. The van der Waals surface area contributed by atoms with Crippen molar-refractivity contribution in [1.29, 1.82) is 0 Å². The summed E-state index contributed by atoms with van der Waals surface area (Å²) >= 11 is 0. The zero-order chi connectivity index (χ0) is 21.2. The van der Waals surface area contributed by atoms with Gasteiger partial charge >= 0.3 is 0 Å². The van der Waals surface area contributed by atoms with Crippen LogP contribution >= 0.6 is 0 Å². The fourth-order valence-electron chi connectivity index (χ4n) is 7.36. The molecule has 2 aromatic carbocycles. The molecule has 4 fully saturated rings. The molecule has 4 saturated carbocycles. The van der Waals surface area contributed by atoms with Crippen molar-refractivity contribution >= 4 is 28.9 Å². The van der Waals surface area contributed by atoms with Gasteiger partial charge in [0.15, 0.2) is 6.04 Å². The maximum absolute atomic E-state index is 13.6. The Morgan fingerprint density at radius 1 is 0.774 bits per heavy atom. The molecule has 0 aromatic heterocycles. The second-order valence-corrected chi connectivity index (χ2v) is 10.3. The van der Waals surface area contributed by atoms with Crippen LogP contribution < -0.4 is 15.5 Å². The number of hydrogen-bond donors (Lipinski definition) is 1. The summed E-state index contributed by atoms with van der Waals surface area (Å²) in [5.74, 6) is 1.78. The van der Waals surface area contributed by atoms with Crippen LogP contribution in [0.2, 0.25) is 0 Å². The van der Waals surface area contributed by atoms with Crippen LogP contribution in [0, 0.1) is 23.2 Å². The minimum atomic E-state index is -1.19. The van der Waals surface area contributed by atoms with Crippen LogP contribution in [0.3, 0.4) is 0 Å². The molecule has 4 bridgehead atoms. The molecule has 0 saturated heterocycles. The standard InChI is InChI=1S/C26H29N3O2/c27-23-24(30)28(16-26-13-17-10-18(14-26)12-19(11-17)15-26)21-8-4-5-9-22(21)29(25(23)31)20-6-2-1-3-7-20/h1-9,17-19,23H,10-16,27H2/t17?,18?,19?,23-,26?/m1/s1. The third-order valence-corrected chi connectivity index (χ3v) is 8.10. The lowest BCUT2D eigenvalue weighted by Crippen LogP contribution is -2.56. The number of fused-ring (bicyclic) bond motifs is 1. The van der Waals surface area contributed by atoms with Gasteiger partial charge in [-0.05, 0) is 86.0 Å². The first-order valence-electron chi connectivity index (χ1n) is 11.6. The molecule has 5 nitrogen and oxygen atoms in total. The lowest BCUT2D eigenvalue weighted by molar-refractivity contribution is -0.128. The number of amides is 2. The van der Waals surface area contributed by atoms with Crippen LogP contribution in [0.1, 0.15) is 38.5 Å². The van der Waals surface area contributed by atoms with Crippen LogP contribution in [0.4, 0.5) is 17.1 Å². The maximum atomic E-state index is 13.6. The summed E-state index contributed by atoms with van der Waals surface area (Å²) in [5, 5.41) is 0. The first kappa shape index (κ1) is 19.1. The quantitative estimate of drug-likeness (QED) is 0.763. The van der Waals surface area contributed by atoms with Crippen molar-refractivity contribution in [2.24, 2.45) is 28.9 Å². The van der Waals surface area contributed by atoms with E-state index in [1.165, 1.54) is 38.5 Å². The SMILES string of the molecule is N[C@@H]1C(=O)N(CC23CC4CC(CC(C4)C2)C3)c2ccccc2N(c2ccccc2)C1=O. The molecule has 31 heavy (non-hydrogen) atoms. The smallest absolute Gasteiger partial charge is 0.258 e. The van der Waals surface area contributed by atoms with Crippen molar-refractivity contribution in [3.63, 3.8) is 0 Å². The van der Waals surface area contributed by atoms with Crippen molar-refractivity contribution in [2.45, 2.75) is 44.6 Å². The predicted octanol–water partition coefficient (Wildman–Crippen LogP) is 4.24. The van der Waals surface area contributed by atoms with Gasteiger partial charge in [-0.2, -0.15) is 0 Å². The van der Waals surface area contributed by atoms with Crippen LogP contribution in [-0.4, -0.2) is 24.4 Å². The predicted molar refractivity (Wildman–Crippen MR) is 121 cm³/mol. The van der Waals surface area contributed by atoms with Gasteiger partial charge in [0.25, 0.3) is 11.8 Å². The summed E-state index contributed by atoms with van der Waals surface area (Å²) in [6, 6.07) is 16.1. The number of nitrogens with two attached hydrogens (primary N) is 1. The molecule has 1 aliphatic heterocycles. The third kappa shape index (κ3) is 3.01. The van der Waals surface area contributed by atoms with Crippen LogP contribution in [0.15, 0.2) is 54.6 Å². The van der Waals surface area contributed by atoms with Gasteiger partial charge in [-0.15, -0.1) is 0 Å². The molecule has 0 unspecified atom stereocenters. The van der Waals surface area contributed by atoms with Crippen LogP contribution in [0.25, 0.3) is 0 Å². The molecule has 4 aliphatic carbocycles. The molecule has 5 heteroatoms. The Bertz CT molecular complexity index is 999. The van der Waals surface area contributed by atoms with Gasteiger partial charge in [-0.25, -0.2) is 0 Å². The highest BCUT2D eigenvalue weighted by molar-refractivity contribution is 6.22. The molecule has 0 spiro atoms. The minimum Gasteiger partial charge on any atom is -0.312 e. The summed E-state index contributed by atoms with van der Waals surface area (Å²) in [4.78, 5) is 30.4. The van der Waals surface area contributed by atoms with Gasteiger partial charge in [0.1, 0.15) is 0 Å². The van der Waals surface area contributed by atoms with E-state index >= 15 is 0 Å². The van der Waals surface area contributed by atoms with E-state index in [2.05, 4.69) is 0 Å². The Hall–Kier alpha value is -2.66. The second-order valence-electron chi connectivity index (χ2n) is 10.3. The molecule has 7 rings (SSSR count). The Morgan fingerprint density at radius 2 is 1.32 bits per heavy atom. The van der Waals surface area contributed by atoms with E-state index in [0.717, 1.165) is 34.8 Å². The molecule has 2 amide bonds. The number of nitrogens with zero attached hydrogens (tertiary/aromatic N) is 2. The molecule has 2 N–H and O–H groups in total. The number of rotatable bonds is 3. The average Bonchev–Trinajstić information content (AvgIpc) is 2.83. The topological polar surface area (TPSA) is 66.6 Å². The highest BCUT2D eigenvalue weighted by atomic mass is 16.2. The number of anilines is 3. The Balaban J connectivity index is 1.43. The summed E-state index contributed by atoms with van der Waals surface area (Å²) in [7, 11) is 0. The zero-order valence-corrected chi connectivity index (χ0v) is 17.7. The second kappa shape index (κ2) is 6.92. The minimum absolute atomic E-state index is 0.169. The van der Waals surface area contributed by atoms with E-state index in [-0.39, 0.29) is 17.2 Å². The number of hydrogen-bond acceptors (Lipinski definition) is 3. The van der Waals surface area contributed by atoms with Crippen molar-refractivity contribution in [3.05, 3.63) is 54.6 Å². The van der Waals surface area contributed by atoms with Gasteiger partial charge < -0.3 is 10.6 Å². The van der Waals surface area contributed by atoms with Crippen molar-refractivity contribution < 1.29 is 9.59 Å². The fraction of sp³-hybridized carbons (Fsp3) is 0.462. The Labute approximate surface area is 183 Å². The van der Waals surface area contributed by atoms with Gasteiger partial charge in [-0.1, -0.05) is 30.3 Å². The average molecular weight is 416 g/mol. The first-order valence-corrected chi connectivity index (χ1v) is 11.6. The summed E-state index contributed by atoms with van der Waals surface area (Å²) in [5.41, 5.74) is 8.75. The molecule has 0 radical (unpaired) electrons. The lowest BCUT2D eigenvalue weighted by atomic mass is 9.49. The Morgan fingerprint density at radius 3 is 1.94 bits per heavy atom. The lowest BCUT2D eigenvalue weighted by Gasteiger charge is -2.57. The highest BCUT2D eigenvalue weighted by Gasteiger charge is 2.52. The fourth-order valence-corrected chi connectivity index (χ4v) is 7.36. The molecule has 160 valence electrons. The summed E-state index contributed by atoms with van der Waals surface area (Å²) in [6.45, 7) is 0.677. The maximum Gasteiger partial charge on any atom is 0.258 e.